The minimum Gasteiger partial charge on any atom is -0.484 e. The fourth-order valence-corrected chi connectivity index (χ4v) is 1.87. The van der Waals surface area contributed by atoms with Crippen LogP contribution in [-0.4, -0.2) is 14.9 Å². The van der Waals surface area contributed by atoms with Crippen LogP contribution in [0, 0.1) is 5.82 Å². The van der Waals surface area contributed by atoms with Crippen LogP contribution >= 0.6 is 0 Å². The topological polar surface area (TPSA) is 47.3 Å². The van der Waals surface area contributed by atoms with Crippen molar-refractivity contribution in [1.29, 1.82) is 0 Å². The Hall–Kier alpha value is -1.88. The van der Waals surface area contributed by atoms with Crippen molar-refractivity contribution in [3.05, 3.63) is 47.5 Å². The average Bonchev–Trinajstić information content (AvgIpc) is 2.93. The summed E-state index contributed by atoms with van der Waals surface area (Å²) in [6, 6.07) is 6.67. The molecule has 0 saturated carbocycles. The molecule has 5 heteroatoms. The molecule has 1 heterocycles. The maximum Gasteiger partial charge on any atom is 0.165 e. The highest BCUT2D eigenvalue weighted by atomic mass is 19.1. The Bertz CT molecular complexity index is 569. The second-order valence-corrected chi connectivity index (χ2v) is 4.72. The number of nitrogens with zero attached hydrogens (tertiary/aromatic N) is 2. The third-order valence-corrected chi connectivity index (χ3v) is 3.29. The quantitative estimate of drug-likeness (QED) is 0.883. The van der Waals surface area contributed by atoms with Gasteiger partial charge in [-0.2, -0.15) is 5.10 Å². The van der Waals surface area contributed by atoms with E-state index in [1.807, 2.05) is 16.9 Å². The van der Waals surface area contributed by atoms with Gasteiger partial charge in [-0.1, -0.05) is 19.1 Å². The van der Waals surface area contributed by atoms with Crippen molar-refractivity contribution in [1.82, 2.24) is 9.78 Å². The Morgan fingerprint density at radius 1 is 1.40 bits per heavy atom. The molecule has 0 aliphatic heterocycles. The molecule has 0 spiro atoms. The first-order valence-electron chi connectivity index (χ1n) is 6.70. The zero-order valence-corrected chi connectivity index (χ0v) is 11.7. The minimum atomic E-state index is -0.474. The predicted molar refractivity (Wildman–Crippen MR) is 73.9 cm³/mol. The van der Waals surface area contributed by atoms with Crippen molar-refractivity contribution >= 4 is 0 Å². The van der Waals surface area contributed by atoms with Gasteiger partial charge >= 0.3 is 0 Å². The summed E-state index contributed by atoms with van der Waals surface area (Å²) < 4.78 is 21.0. The number of aliphatic hydroxyl groups is 1. The summed E-state index contributed by atoms with van der Waals surface area (Å²) >= 11 is 0. The van der Waals surface area contributed by atoms with E-state index in [0.717, 1.165) is 12.1 Å². The largest absolute Gasteiger partial charge is 0.484 e. The number of aromatic nitrogens is 2. The van der Waals surface area contributed by atoms with E-state index in [-0.39, 0.29) is 19.0 Å². The van der Waals surface area contributed by atoms with Gasteiger partial charge in [-0.15, -0.1) is 0 Å². The van der Waals surface area contributed by atoms with Crippen LogP contribution in [0.5, 0.6) is 5.75 Å². The maximum absolute atomic E-state index is 13.7. The number of rotatable bonds is 6. The lowest BCUT2D eigenvalue weighted by Gasteiger charge is -2.10. The molecule has 0 fully saturated rings. The van der Waals surface area contributed by atoms with E-state index in [0.29, 0.717) is 11.6 Å². The molecule has 0 aliphatic carbocycles. The van der Waals surface area contributed by atoms with Crippen LogP contribution in [0.3, 0.4) is 0 Å². The Labute approximate surface area is 117 Å². The van der Waals surface area contributed by atoms with E-state index in [1.54, 1.807) is 12.1 Å². The fraction of sp³-hybridized carbons (Fsp3) is 0.400. The smallest absolute Gasteiger partial charge is 0.165 e. The second kappa shape index (κ2) is 6.52. The highest BCUT2D eigenvalue weighted by Crippen LogP contribution is 2.23. The van der Waals surface area contributed by atoms with Gasteiger partial charge in [0.1, 0.15) is 6.61 Å². The number of halogens is 1. The van der Waals surface area contributed by atoms with Crippen LogP contribution in [0.15, 0.2) is 30.5 Å². The highest BCUT2D eigenvalue weighted by molar-refractivity contribution is 5.34. The third-order valence-electron chi connectivity index (χ3n) is 3.29. The number of ether oxygens (including phenoxy) is 1. The summed E-state index contributed by atoms with van der Waals surface area (Å²) in [4.78, 5) is 0. The molecule has 2 aromatic rings. The number of hydrogen-bond acceptors (Lipinski definition) is 3. The van der Waals surface area contributed by atoms with Gasteiger partial charge in [-0.25, -0.2) is 4.39 Å². The first-order chi connectivity index (χ1) is 9.65. The van der Waals surface area contributed by atoms with Crippen LogP contribution in [0.4, 0.5) is 4.39 Å². The molecule has 1 unspecified atom stereocenters. The third kappa shape index (κ3) is 3.17. The molecule has 0 radical (unpaired) electrons. The standard InChI is InChI=1S/C15H19FN2O2/c1-3-11(2)18-8-7-13(17-18)10-20-15-12(9-19)5-4-6-14(15)16/h4-8,11,19H,3,9-10H2,1-2H3. The second-order valence-electron chi connectivity index (χ2n) is 4.72. The van der Waals surface area contributed by atoms with Gasteiger partial charge in [0.05, 0.1) is 12.3 Å². The fourth-order valence-electron chi connectivity index (χ4n) is 1.87. The van der Waals surface area contributed by atoms with E-state index < -0.39 is 5.82 Å². The summed E-state index contributed by atoms with van der Waals surface area (Å²) in [5.74, 6) is -0.383. The van der Waals surface area contributed by atoms with Crippen LogP contribution < -0.4 is 4.74 Å². The summed E-state index contributed by atoms with van der Waals surface area (Å²) in [7, 11) is 0. The van der Waals surface area contributed by atoms with E-state index in [4.69, 9.17) is 4.74 Å². The molecule has 0 aliphatic rings. The first-order valence-corrected chi connectivity index (χ1v) is 6.70. The van der Waals surface area contributed by atoms with Gasteiger partial charge in [0.2, 0.25) is 0 Å². The zero-order chi connectivity index (χ0) is 14.5. The Morgan fingerprint density at radius 3 is 2.90 bits per heavy atom. The molecule has 0 saturated heterocycles. The molecular formula is C15H19FN2O2. The van der Waals surface area contributed by atoms with Gasteiger partial charge in [0.15, 0.2) is 11.6 Å². The van der Waals surface area contributed by atoms with Crippen molar-refractivity contribution in [2.24, 2.45) is 0 Å². The highest BCUT2D eigenvalue weighted by Gasteiger charge is 2.11. The Morgan fingerprint density at radius 2 is 2.20 bits per heavy atom. The molecule has 1 atom stereocenters. The van der Waals surface area contributed by atoms with Crippen molar-refractivity contribution in [2.45, 2.75) is 39.5 Å². The molecule has 1 aromatic carbocycles. The monoisotopic (exact) mass is 278 g/mol. The Kier molecular flexibility index (Phi) is 4.74. The molecule has 108 valence electrons. The van der Waals surface area contributed by atoms with Crippen molar-refractivity contribution in [3.63, 3.8) is 0 Å². The minimum absolute atomic E-state index is 0.0908. The van der Waals surface area contributed by atoms with Crippen molar-refractivity contribution in [3.8, 4) is 5.75 Å². The molecule has 0 amide bonds. The maximum atomic E-state index is 13.7. The number of para-hydroxylation sites is 1. The lowest BCUT2D eigenvalue weighted by molar-refractivity contribution is 0.248. The normalized spacial score (nSPS) is 12.4. The van der Waals surface area contributed by atoms with Crippen molar-refractivity contribution < 1.29 is 14.2 Å². The van der Waals surface area contributed by atoms with Crippen molar-refractivity contribution in [2.75, 3.05) is 0 Å². The van der Waals surface area contributed by atoms with Crippen LogP contribution in [0.25, 0.3) is 0 Å². The SMILES string of the molecule is CCC(C)n1ccc(COc2c(F)cccc2CO)n1. The molecular weight excluding hydrogens is 259 g/mol. The zero-order valence-electron chi connectivity index (χ0n) is 11.7. The molecule has 1 N–H and O–H groups in total. The van der Waals surface area contributed by atoms with Crippen LogP contribution in [0.1, 0.15) is 37.6 Å². The summed E-state index contributed by atoms with van der Waals surface area (Å²) in [5, 5.41) is 13.6. The summed E-state index contributed by atoms with van der Waals surface area (Å²) in [5.41, 5.74) is 1.17. The van der Waals surface area contributed by atoms with E-state index in [9.17, 15) is 9.50 Å². The molecule has 1 aromatic heterocycles. The predicted octanol–water partition coefficient (Wildman–Crippen LogP) is 3.06. The van der Waals surface area contributed by atoms with E-state index in [2.05, 4.69) is 18.9 Å². The van der Waals surface area contributed by atoms with Gasteiger partial charge < -0.3 is 9.84 Å². The molecule has 4 nitrogen and oxygen atoms in total. The first kappa shape index (κ1) is 14.5. The summed E-state index contributed by atoms with van der Waals surface area (Å²) in [6.45, 7) is 4.10. The summed E-state index contributed by atoms with van der Waals surface area (Å²) in [6.07, 6.45) is 2.88. The van der Waals surface area contributed by atoms with E-state index >= 15 is 0 Å². The lowest BCUT2D eigenvalue weighted by Crippen LogP contribution is -2.06. The lowest BCUT2D eigenvalue weighted by atomic mass is 10.2. The number of hydrogen-bond donors (Lipinski definition) is 1. The number of aliphatic hydroxyl groups excluding tert-OH is 1. The van der Waals surface area contributed by atoms with Gasteiger partial charge in [0.25, 0.3) is 0 Å². The molecule has 2 rings (SSSR count). The average molecular weight is 278 g/mol. The molecule has 20 heavy (non-hydrogen) atoms. The van der Waals surface area contributed by atoms with Gasteiger partial charge in [-0.3, -0.25) is 4.68 Å². The van der Waals surface area contributed by atoms with E-state index in [1.165, 1.54) is 6.07 Å². The number of benzene rings is 1. The van der Waals surface area contributed by atoms with Crippen LogP contribution in [-0.2, 0) is 13.2 Å². The molecule has 0 bridgehead atoms. The van der Waals surface area contributed by atoms with Gasteiger partial charge in [-0.05, 0) is 25.5 Å². The van der Waals surface area contributed by atoms with Crippen LogP contribution in [0.2, 0.25) is 0 Å². The Balaban J connectivity index is 2.07. The van der Waals surface area contributed by atoms with Gasteiger partial charge in [0, 0.05) is 17.8 Å².